The number of hydrogen-bond acceptors (Lipinski definition) is 3. The van der Waals surface area contributed by atoms with Gasteiger partial charge < -0.3 is 15.2 Å². The number of ether oxygens (including phenoxy) is 1. The Balaban J connectivity index is 3.47. The van der Waals surface area contributed by atoms with Gasteiger partial charge in [0.25, 0.3) is 0 Å². The van der Waals surface area contributed by atoms with Crippen molar-refractivity contribution in [1.29, 1.82) is 0 Å². The van der Waals surface area contributed by atoms with Crippen LogP contribution in [0.25, 0.3) is 0 Å². The summed E-state index contributed by atoms with van der Waals surface area (Å²) in [6, 6.07) is 0.238. The van der Waals surface area contributed by atoms with E-state index in [1.165, 1.54) is 0 Å². The number of aliphatic hydroxyl groups excluding tert-OH is 1. The summed E-state index contributed by atoms with van der Waals surface area (Å²) in [6.45, 7) is 5.80. The number of rotatable bonds is 8. The zero-order chi connectivity index (χ0) is 10.1. The van der Waals surface area contributed by atoms with E-state index in [9.17, 15) is 5.11 Å². The highest BCUT2D eigenvalue weighted by Crippen LogP contribution is 2.02. The van der Waals surface area contributed by atoms with E-state index >= 15 is 0 Å². The van der Waals surface area contributed by atoms with E-state index in [1.54, 1.807) is 7.11 Å². The summed E-state index contributed by atoms with van der Waals surface area (Å²) in [5, 5.41) is 12.9. The van der Waals surface area contributed by atoms with Crippen molar-refractivity contribution in [3.63, 3.8) is 0 Å². The Morgan fingerprint density at radius 2 is 2.00 bits per heavy atom. The summed E-state index contributed by atoms with van der Waals surface area (Å²) in [4.78, 5) is 0. The van der Waals surface area contributed by atoms with E-state index < -0.39 is 0 Å². The van der Waals surface area contributed by atoms with Crippen molar-refractivity contribution in [3.8, 4) is 0 Å². The fourth-order valence-electron chi connectivity index (χ4n) is 1.34. The standard InChI is InChI=1S/C10H23NO2/c1-4-9(10(12)5-2)11-7-6-8-13-3/h9-12H,4-8H2,1-3H3. The summed E-state index contributed by atoms with van der Waals surface area (Å²) >= 11 is 0. The van der Waals surface area contributed by atoms with Crippen molar-refractivity contribution in [2.75, 3.05) is 20.3 Å². The van der Waals surface area contributed by atoms with Crippen molar-refractivity contribution in [1.82, 2.24) is 5.32 Å². The molecule has 0 saturated heterocycles. The molecular formula is C10H23NO2. The van der Waals surface area contributed by atoms with Crippen molar-refractivity contribution in [2.45, 2.75) is 45.3 Å². The molecule has 3 heteroatoms. The Kier molecular flexibility index (Phi) is 8.40. The predicted molar refractivity (Wildman–Crippen MR) is 54.9 cm³/mol. The van der Waals surface area contributed by atoms with Gasteiger partial charge in [-0.1, -0.05) is 13.8 Å². The Labute approximate surface area is 81.5 Å². The van der Waals surface area contributed by atoms with Crippen LogP contribution in [0, 0.1) is 0 Å². The molecule has 0 spiro atoms. The van der Waals surface area contributed by atoms with Gasteiger partial charge in [-0.2, -0.15) is 0 Å². The molecule has 0 aliphatic carbocycles. The molecule has 0 rings (SSSR count). The summed E-state index contributed by atoms with van der Waals surface area (Å²) in [7, 11) is 1.71. The van der Waals surface area contributed by atoms with Crippen LogP contribution in [0.5, 0.6) is 0 Å². The van der Waals surface area contributed by atoms with Gasteiger partial charge in [-0.05, 0) is 25.8 Å². The minimum Gasteiger partial charge on any atom is -0.392 e. The van der Waals surface area contributed by atoms with Crippen molar-refractivity contribution < 1.29 is 9.84 Å². The molecule has 0 aromatic carbocycles. The molecule has 13 heavy (non-hydrogen) atoms. The highest BCUT2D eigenvalue weighted by molar-refractivity contribution is 4.72. The summed E-state index contributed by atoms with van der Waals surface area (Å²) in [5.41, 5.74) is 0. The average molecular weight is 189 g/mol. The summed E-state index contributed by atoms with van der Waals surface area (Å²) < 4.78 is 4.94. The van der Waals surface area contributed by atoms with Crippen molar-refractivity contribution in [2.24, 2.45) is 0 Å². The maximum absolute atomic E-state index is 9.58. The van der Waals surface area contributed by atoms with E-state index in [0.717, 1.165) is 32.4 Å². The molecule has 0 aromatic rings. The smallest absolute Gasteiger partial charge is 0.0690 e. The fourth-order valence-corrected chi connectivity index (χ4v) is 1.34. The fraction of sp³-hybridized carbons (Fsp3) is 1.00. The zero-order valence-electron chi connectivity index (χ0n) is 9.05. The largest absolute Gasteiger partial charge is 0.392 e. The van der Waals surface area contributed by atoms with Gasteiger partial charge in [0.2, 0.25) is 0 Å². The highest BCUT2D eigenvalue weighted by atomic mass is 16.5. The lowest BCUT2D eigenvalue weighted by Crippen LogP contribution is -2.39. The first-order chi connectivity index (χ1) is 6.26. The molecule has 2 unspecified atom stereocenters. The monoisotopic (exact) mass is 189 g/mol. The number of hydrogen-bond donors (Lipinski definition) is 2. The number of nitrogens with one attached hydrogen (secondary N) is 1. The molecule has 0 saturated carbocycles. The lowest BCUT2D eigenvalue weighted by molar-refractivity contribution is 0.118. The van der Waals surface area contributed by atoms with Gasteiger partial charge >= 0.3 is 0 Å². The molecule has 80 valence electrons. The van der Waals surface area contributed by atoms with E-state index in [0.29, 0.717) is 0 Å². The maximum atomic E-state index is 9.58. The van der Waals surface area contributed by atoms with Gasteiger partial charge in [0.15, 0.2) is 0 Å². The van der Waals surface area contributed by atoms with E-state index in [4.69, 9.17) is 4.74 Å². The zero-order valence-corrected chi connectivity index (χ0v) is 9.05. The Morgan fingerprint density at radius 1 is 1.31 bits per heavy atom. The third kappa shape index (κ3) is 6.02. The molecule has 0 fully saturated rings. The Morgan fingerprint density at radius 3 is 2.46 bits per heavy atom. The van der Waals surface area contributed by atoms with Crippen LogP contribution in [-0.4, -0.2) is 37.5 Å². The first-order valence-corrected chi connectivity index (χ1v) is 5.16. The third-order valence-corrected chi connectivity index (χ3v) is 2.25. The average Bonchev–Trinajstić information content (AvgIpc) is 2.17. The topological polar surface area (TPSA) is 41.5 Å². The van der Waals surface area contributed by atoms with Gasteiger partial charge in [-0.3, -0.25) is 0 Å². The second kappa shape index (κ2) is 8.48. The SMILES string of the molecule is CCC(O)C(CC)NCCCOC. The van der Waals surface area contributed by atoms with Crippen LogP contribution in [0.3, 0.4) is 0 Å². The molecule has 0 radical (unpaired) electrons. The second-order valence-electron chi connectivity index (χ2n) is 3.29. The predicted octanol–water partition coefficient (Wildman–Crippen LogP) is 1.16. The minimum absolute atomic E-state index is 0.215. The van der Waals surface area contributed by atoms with Crippen LogP contribution in [-0.2, 0) is 4.74 Å². The molecule has 0 amide bonds. The third-order valence-electron chi connectivity index (χ3n) is 2.25. The minimum atomic E-state index is -0.215. The highest BCUT2D eigenvalue weighted by Gasteiger charge is 2.13. The van der Waals surface area contributed by atoms with E-state index in [1.807, 2.05) is 6.92 Å². The Bertz CT molecular complexity index is 109. The molecule has 0 heterocycles. The van der Waals surface area contributed by atoms with Gasteiger partial charge in [-0.15, -0.1) is 0 Å². The lowest BCUT2D eigenvalue weighted by atomic mass is 10.1. The maximum Gasteiger partial charge on any atom is 0.0690 e. The van der Waals surface area contributed by atoms with Crippen LogP contribution in [0.1, 0.15) is 33.1 Å². The lowest BCUT2D eigenvalue weighted by Gasteiger charge is -2.21. The number of aliphatic hydroxyl groups is 1. The van der Waals surface area contributed by atoms with Gasteiger partial charge in [-0.25, -0.2) is 0 Å². The van der Waals surface area contributed by atoms with Crippen molar-refractivity contribution in [3.05, 3.63) is 0 Å². The summed E-state index contributed by atoms with van der Waals surface area (Å²) in [5.74, 6) is 0. The molecule has 3 nitrogen and oxygen atoms in total. The summed E-state index contributed by atoms with van der Waals surface area (Å²) in [6.07, 6.45) is 2.58. The first-order valence-electron chi connectivity index (χ1n) is 5.16. The second-order valence-corrected chi connectivity index (χ2v) is 3.29. The quantitative estimate of drug-likeness (QED) is 0.563. The molecule has 0 aliphatic rings. The van der Waals surface area contributed by atoms with Crippen LogP contribution >= 0.6 is 0 Å². The Hall–Kier alpha value is -0.120. The molecular weight excluding hydrogens is 166 g/mol. The van der Waals surface area contributed by atoms with Gasteiger partial charge in [0.05, 0.1) is 6.10 Å². The van der Waals surface area contributed by atoms with Crippen LogP contribution in [0.15, 0.2) is 0 Å². The van der Waals surface area contributed by atoms with E-state index in [-0.39, 0.29) is 12.1 Å². The normalized spacial score (nSPS) is 15.7. The molecule has 2 N–H and O–H groups in total. The molecule has 0 bridgehead atoms. The molecule has 0 aliphatic heterocycles. The van der Waals surface area contributed by atoms with E-state index in [2.05, 4.69) is 12.2 Å². The molecule has 0 aromatic heterocycles. The van der Waals surface area contributed by atoms with Gasteiger partial charge in [0.1, 0.15) is 0 Å². The van der Waals surface area contributed by atoms with Crippen LogP contribution in [0.4, 0.5) is 0 Å². The van der Waals surface area contributed by atoms with Crippen molar-refractivity contribution >= 4 is 0 Å². The molecule has 2 atom stereocenters. The first kappa shape index (κ1) is 12.9. The van der Waals surface area contributed by atoms with Gasteiger partial charge in [0, 0.05) is 19.8 Å². The van der Waals surface area contributed by atoms with Crippen LogP contribution in [0.2, 0.25) is 0 Å². The number of methoxy groups -OCH3 is 1. The van der Waals surface area contributed by atoms with Crippen LogP contribution < -0.4 is 5.32 Å².